The standard InChI is InChI=1S/C10H9NO3/c1-5-2-6-4-7(10(13)14)11-9(6)8(12)3-5/h2-4,11-12H,1H3,(H,13,14). The van der Waals surface area contributed by atoms with Crippen LogP contribution >= 0.6 is 0 Å². The topological polar surface area (TPSA) is 73.3 Å². The first-order chi connectivity index (χ1) is 6.58. The predicted octanol–water partition coefficient (Wildman–Crippen LogP) is 1.88. The molecule has 1 heterocycles. The van der Waals surface area contributed by atoms with Gasteiger partial charge in [0.15, 0.2) is 0 Å². The lowest BCUT2D eigenvalue weighted by Crippen LogP contribution is -1.94. The maximum atomic E-state index is 10.7. The average Bonchev–Trinajstić information content (AvgIpc) is 2.47. The van der Waals surface area contributed by atoms with Crippen molar-refractivity contribution in [1.29, 1.82) is 0 Å². The van der Waals surface area contributed by atoms with E-state index in [0.717, 1.165) is 5.56 Å². The number of phenols is 1. The quantitative estimate of drug-likeness (QED) is 0.644. The van der Waals surface area contributed by atoms with Crippen molar-refractivity contribution >= 4 is 16.9 Å². The molecule has 0 saturated heterocycles. The molecule has 0 radical (unpaired) electrons. The molecule has 4 heteroatoms. The first-order valence-electron chi connectivity index (χ1n) is 4.13. The Balaban J connectivity index is 2.76. The van der Waals surface area contributed by atoms with Crippen LogP contribution in [0.25, 0.3) is 10.9 Å². The van der Waals surface area contributed by atoms with Crippen LogP contribution in [-0.4, -0.2) is 21.2 Å². The Hall–Kier alpha value is -1.97. The average molecular weight is 191 g/mol. The molecule has 3 N–H and O–H groups in total. The van der Waals surface area contributed by atoms with Crippen LogP contribution < -0.4 is 0 Å². The summed E-state index contributed by atoms with van der Waals surface area (Å²) in [4.78, 5) is 13.3. The van der Waals surface area contributed by atoms with Crippen LogP contribution in [0.1, 0.15) is 16.1 Å². The number of aromatic nitrogens is 1. The Labute approximate surface area is 79.8 Å². The zero-order chi connectivity index (χ0) is 10.3. The highest BCUT2D eigenvalue weighted by atomic mass is 16.4. The van der Waals surface area contributed by atoms with Gasteiger partial charge in [0.25, 0.3) is 0 Å². The molecule has 14 heavy (non-hydrogen) atoms. The summed E-state index contributed by atoms with van der Waals surface area (Å²) in [6.45, 7) is 1.84. The zero-order valence-corrected chi connectivity index (χ0v) is 7.53. The molecular formula is C10H9NO3. The Morgan fingerprint density at radius 1 is 1.36 bits per heavy atom. The SMILES string of the molecule is Cc1cc(O)c2[nH]c(C(=O)O)cc2c1. The van der Waals surface area contributed by atoms with Crippen molar-refractivity contribution in [2.45, 2.75) is 6.92 Å². The number of aromatic carboxylic acids is 1. The molecule has 0 amide bonds. The van der Waals surface area contributed by atoms with Crippen LogP contribution in [0.3, 0.4) is 0 Å². The maximum absolute atomic E-state index is 10.7. The Bertz CT molecular complexity index is 513. The zero-order valence-electron chi connectivity index (χ0n) is 7.53. The number of carbonyl (C=O) groups is 1. The highest BCUT2D eigenvalue weighted by molar-refractivity contribution is 5.96. The molecule has 0 fully saturated rings. The first kappa shape index (κ1) is 8.62. The molecule has 0 unspecified atom stereocenters. The van der Waals surface area contributed by atoms with Gasteiger partial charge in [0.1, 0.15) is 11.4 Å². The predicted molar refractivity (Wildman–Crippen MR) is 51.7 cm³/mol. The van der Waals surface area contributed by atoms with E-state index in [-0.39, 0.29) is 11.4 Å². The summed E-state index contributed by atoms with van der Waals surface area (Å²) in [5.41, 5.74) is 1.44. The van der Waals surface area contributed by atoms with Gasteiger partial charge >= 0.3 is 5.97 Å². The molecule has 0 aliphatic carbocycles. The van der Waals surface area contributed by atoms with E-state index in [1.54, 1.807) is 6.07 Å². The molecule has 0 aliphatic heterocycles. The summed E-state index contributed by atoms with van der Waals surface area (Å²) in [5, 5.41) is 19.0. The largest absolute Gasteiger partial charge is 0.506 e. The summed E-state index contributed by atoms with van der Waals surface area (Å²) in [7, 11) is 0. The molecule has 0 saturated carbocycles. The second kappa shape index (κ2) is 2.77. The lowest BCUT2D eigenvalue weighted by molar-refractivity contribution is 0.0691. The third-order valence-corrected chi connectivity index (χ3v) is 2.08. The van der Waals surface area contributed by atoms with Gasteiger partial charge in [-0.25, -0.2) is 4.79 Å². The van der Waals surface area contributed by atoms with E-state index in [9.17, 15) is 9.90 Å². The lowest BCUT2D eigenvalue weighted by atomic mass is 10.1. The van der Waals surface area contributed by atoms with Crippen LogP contribution in [0.5, 0.6) is 5.75 Å². The third-order valence-electron chi connectivity index (χ3n) is 2.08. The normalized spacial score (nSPS) is 10.6. The number of H-pyrrole nitrogens is 1. The third kappa shape index (κ3) is 1.21. The van der Waals surface area contributed by atoms with Gasteiger partial charge in [0, 0.05) is 5.39 Å². The number of carboxylic acid groups (broad SMARTS) is 1. The summed E-state index contributed by atoms with van der Waals surface area (Å²) in [6, 6.07) is 4.91. The monoisotopic (exact) mass is 191 g/mol. The van der Waals surface area contributed by atoms with Crippen molar-refractivity contribution in [3.05, 3.63) is 29.5 Å². The minimum absolute atomic E-state index is 0.0764. The smallest absolute Gasteiger partial charge is 0.352 e. The van der Waals surface area contributed by atoms with E-state index in [1.807, 2.05) is 13.0 Å². The molecule has 1 aromatic heterocycles. The van der Waals surface area contributed by atoms with E-state index in [0.29, 0.717) is 10.9 Å². The van der Waals surface area contributed by atoms with Crippen molar-refractivity contribution in [3.8, 4) is 5.75 Å². The van der Waals surface area contributed by atoms with Gasteiger partial charge in [-0.3, -0.25) is 0 Å². The number of hydrogen-bond acceptors (Lipinski definition) is 2. The van der Waals surface area contributed by atoms with E-state index < -0.39 is 5.97 Å². The fourth-order valence-corrected chi connectivity index (χ4v) is 1.49. The summed E-state index contributed by atoms with van der Waals surface area (Å²) in [5.74, 6) is -0.953. The van der Waals surface area contributed by atoms with E-state index >= 15 is 0 Å². The molecule has 4 nitrogen and oxygen atoms in total. The molecule has 0 atom stereocenters. The van der Waals surface area contributed by atoms with Crippen LogP contribution in [0.2, 0.25) is 0 Å². The number of aryl methyl sites for hydroxylation is 1. The molecular weight excluding hydrogens is 182 g/mol. The molecule has 2 rings (SSSR count). The Morgan fingerprint density at radius 3 is 2.71 bits per heavy atom. The van der Waals surface area contributed by atoms with Gasteiger partial charge in [-0.05, 0) is 30.7 Å². The number of fused-ring (bicyclic) bond motifs is 1. The Kier molecular flexibility index (Phi) is 1.70. The number of aromatic hydroxyl groups is 1. The van der Waals surface area contributed by atoms with Gasteiger partial charge < -0.3 is 15.2 Å². The number of hydrogen-bond donors (Lipinski definition) is 3. The number of rotatable bonds is 1. The maximum Gasteiger partial charge on any atom is 0.352 e. The van der Waals surface area contributed by atoms with E-state index in [1.165, 1.54) is 6.07 Å². The number of benzene rings is 1. The number of phenolic OH excluding ortho intramolecular Hbond substituents is 1. The van der Waals surface area contributed by atoms with Crippen molar-refractivity contribution < 1.29 is 15.0 Å². The number of carboxylic acids is 1. The van der Waals surface area contributed by atoms with Crippen molar-refractivity contribution in [2.24, 2.45) is 0 Å². The molecule has 2 aromatic rings. The van der Waals surface area contributed by atoms with Crippen molar-refractivity contribution in [1.82, 2.24) is 4.98 Å². The molecule has 0 aliphatic rings. The van der Waals surface area contributed by atoms with Crippen molar-refractivity contribution in [3.63, 3.8) is 0 Å². The second-order valence-electron chi connectivity index (χ2n) is 3.24. The van der Waals surface area contributed by atoms with Gasteiger partial charge in [-0.15, -0.1) is 0 Å². The van der Waals surface area contributed by atoms with Gasteiger partial charge in [-0.2, -0.15) is 0 Å². The summed E-state index contributed by atoms with van der Waals surface area (Å²) >= 11 is 0. The highest BCUT2D eigenvalue weighted by Gasteiger charge is 2.09. The molecule has 1 aromatic carbocycles. The van der Waals surface area contributed by atoms with Gasteiger partial charge in [0.2, 0.25) is 0 Å². The Morgan fingerprint density at radius 2 is 2.07 bits per heavy atom. The van der Waals surface area contributed by atoms with Crippen LogP contribution in [-0.2, 0) is 0 Å². The summed E-state index contributed by atoms with van der Waals surface area (Å²) < 4.78 is 0. The van der Waals surface area contributed by atoms with Crippen LogP contribution in [0, 0.1) is 6.92 Å². The van der Waals surface area contributed by atoms with Crippen LogP contribution in [0.15, 0.2) is 18.2 Å². The number of aromatic amines is 1. The lowest BCUT2D eigenvalue weighted by Gasteiger charge is -1.96. The first-order valence-corrected chi connectivity index (χ1v) is 4.13. The summed E-state index contributed by atoms with van der Waals surface area (Å²) in [6.07, 6.45) is 0. The highest BCUT2D eigenvalue weighted by Crippen LogP contribution is 2.26. The van der Waals surface area contributed by atoms with Gasteiger partial charge in [-0.1, -0.05) is 0 Å². The fourth-order valence-electron chi connectivity index (χ4n) is 1.49. The van der Waals surface area contributed by atoms with Gasteiger partial charge in [0.05, 0.1) is 5.52 Å². The molecule has 0 bridgehead atoms. The minimum atomic E-state index is -1.03. The number of nitrogens with one attached hydrogen (secondary N) is 1. The second-order valence-corrected chi connectivity index (χ2v) is 3.24. The van der Waals surface area contributed by atoms with E-state index in [4.69, 9.17) is 5.11 Å². The van der Waals surface area contributed by atoms with E-state index in [2.05, 4.69) is 4.98 Å². The van der Waals surface area contributed by atoms with Crippen molar-refractivity contribution in [2.75, 3.05) is 0 Å². The van der Waals surface area contributed by atoms with Crippen LogP contribution in [0.4, 0.5) is 0 Å². The fraction of sp³-hybridized carbons (Fsp3) is 0.100. The minimum Gasteiger partial charge on any atom is -0.506 e. The molecule has 72 valence electrons. The molecule has 0 spiro atoms.